The molecule has 2 aromatic rings. The molecule has 0 saturated heterocycles. The molecule has 0 aliphatic heterocycles. The van der Waals surface area contributed by atoms with Crippen molar-refractivity contribution < 1.29 is 9.13 Å². The molecule has 0 aliphatic carbocycles. The minimum absolute atomic E-state index is 0.149. The van der Waals surface area contributed by atoms with Crippen molar-refractivity contribution in [2.24, 2.45) is 0 Å². The van der Waals surface area contributed by atoms with Gasteiger partial charge in [-0.15, -0.1) is 11.6 Å². The van der Waals surface area contributed by atoms with Crippen LogP contribution in [0.25, 0.3) is 0 Å². The van der Waals surface area contributed by atoms with Crippen LogP contribution in [0.15, 0.2) is 41.0 Å². The fourth-order valence-electron chi connectivity index (χ4n) is 1.27. The lowest BCUT2D eigenvalue weighted by atomic mass is 10.3. The molecular formula is C12H8BrClFNO. The summed E-state index contributed by atoms with van der Waals surface area (Å²) in [6.07, 6.45) is 1.10. The van der Waals surface area contributed by atoms with Crippen LogP contribution in [-0.2, 0) is 5.88 Å². The molecule has 0 saturated carbocycles. The molecule has 1 heterocycles. The van der Waals surface area contributed by atoms with E-state index in [4.69, 9.17) is 16.3 Å². The summed E-state index contributed by atoms with van der Waals surface area (Å²) in [5.41, 5.74) is 0.523. The second kappa shape index (κ2) is 5.47. The van der Waals surface area contributed by atoms with Crippen LogP contribution in [0.4, 0.5) is 4.39 Å². The Balaban J connectivity index is 2.26. The summed E-state index contributed by atoms with van der Waals surface area (Å²) in [5.74, 6) is 0.669. The van der Waals surface area contributed by atoms with Gasteiger partial charge in [-0.05, 0) is 30.3 Å². The van der Waals surface area contributed by atoms with E-state index in [1.54, 1.807) is 12.1 Å². The average molecular weight is 317 g/mol. The summed E-state index contributed by atoms with van der Waals surface area (Å²) in [6, 6.07) is 8.58. The summed E-state index contributed by atoms with van der Waals surface area (Å²) in [4.78, 5) is 3.87. The van der Waals surface area contributed by atoms with Gasteiger partial charge in [0, 0.05) is 10.0 Å². The summed E-state index contributed by atoms with van der Waals surface area (Å²) in [6.45, 7) is 0. The lowest BCUT2D eigenvalue weighted by molar-refractivity contribution is 0.454. The van der Waals surface area contributed by atoms with Gasteiger partial charge in [-0.25, -0.2) is 9.37 Å². The number of rotatable bonds is 3. The lowest BCUT2D eigenvalue weighted by Crippen LogP contribution is -1.94. The third kappa shape index (κ3) is 3.17. The Morgan fingerprint density at radius 3 is 2.65 bits per heavy atom. The Morgan fingerprint density at radius 1 is 1.29 bits per heavy atom. The topological polar surface area (TPSA) is 22.1 Å². The van der Waals surface area contributed by atoms with Crippen molar-refractivity contribution in [2.75, 3.05) is 0 Å². The molecule has 5 heteroatoms. The lowest BCUT2D eigenvalue weighted by Gasteiger charge is -2.08. The standard InChI is InChI=1S/C12H8BrClFNO/c13-9-1-3-11(4-2-9)17-12-8(6-14)5-10(15)7-16-12/h1-5,7H,6H2. The molecule has 2 rings (SSSR count). The summed E-state index contributed by atoms with van der Waals surface area (Å²) in [5, 5.41) is 0. The van der Waals surface area contributed by atoms with Gasteiger partial charge in [-0.1, -0.05) is 15.9 Å². The highest BCUT2D eigenvalue weighted by Crippen LogP contribution is 2.25. The van der Waals surface area contributed by atoms with Crippen LogP contribution >= 0.6 is 27.5 Å². The number of halogens is 3. The average Bonchev–Trinajstić information content (AvgIpc) is 2.34. The smallest absolute Gasteiger partial charge is 0.223 e. The molecule has 0 N–H and O–H groups in total. The van der Waals surface area contributed by atoms with Crippen LogP contribution < -0.4 is 4.74 Å². The predicted molar refractivity (Wildman–Crippen MR) is 68.0 cm³/mol. The zero-order valence-corrected chi connectivity index (χ0v) is 11.0. The minimum Gasteiger partial charge on any atom is -0.439 e. The van der Waals surface area contributed by atoms with Gasteiger partial charge in [0.25, 0.3) is 0 Å². The van der Waals surface area contributed by atoms with Crippen molar-refractivity contribution in [3.8, 4) is 11.6 Å². The molecule has 0 amide bonds. The molecule has 88 valence electrons. The maximum absolute atomic E-state index is 12.9. The summed E-state index contributed by atoms with van der Waals surface area (Å²) < 4.78 is 19.4. The van der Waals surface area contributed by atoms with Crippen LogP contribution in [0.1, 0.15) is 5.56 Å². The molecule has 0 spiro atoms. The molecule has 0 unspecified atom stereocenters. The number of hydrogen-bond acceptors (Lipinski definition) is 2. The van der Waals surface area contributed by atoms with Crippen molar-refractivity contribution in [1.82, 2.24) is 4.98 Å². The van der Waals surface area contributed by atoms with Gasteiger partial charge in [-0.2, -0.15) is 0 Å². The summed E-state index contributed by atoms with van der Waals surface area (Å²) in [7, 11) is 0. The summed E-state index contributed by atoms with van der Waals surface area (Å²) >= 11 is 9.03. The Bertz CT molecular complexity index is 518. The van der Waals surface area contributed by atoms with Gasteiger partial charge in [0.2, 0.25) is 5.88 Å². The number of hydrogen-bond donors (Lipinski definition) is 0. The SMILES string of the molecule is Fc1cnc(Oc2ccc(Br)cc2)c(CCl)c1. The maximum Gasteiger partial charge on any atom is 0.223 e. The van der Waals surface area contributed by atoms with Crippen molar-refractivity contribution >= 4 is 27.5 Å². The molecule has 17 heavy (non-hydrogen) atoms. The number of aromatic nitrogens is 1. The van der Waals surface area contributed by atoms with Crippen molar-refractivity contribution in [2.45, 2.75) is 5.88 Å². The van der Waals surface area contributed by atoms with E-state index in [0.717, 1.165) is 10.7 Å². The minimum atomic E-state index is -0.427. The van der Waals surface area contributed by atoms with Crippen LogP contribution in [0, 0.1) is 5.82 Å². The van der Waals surface area contributed by atoms with E-state index in [9.17, 15) is 4.39 Å². The van der Waals surface area contributed by atoms with E-state index < -0.39 is 5.82 Å². The molecule has 0 bridgehead atoms. The van der Waals surface area contributed by atoms with Crippen molar-refractivity contribution in [1.29, 1.82) is 0 Å². The fraction of sp³-hybridized carbons (Fsp3) is 0.0833. The highest BCUT2D eigenvalue weighted by molar-refractivity contribution is 9.10. The first kappa shape index (κ1) is 12.3. The Labute approximate surface area is 112 Å². The highest BCUT2D eigenvalue weighted by Gasteiger charge is 2.07. The van der Waals surface area contributed by atoms with E-state index in [-0.39, 0.29) is 5.88 Å². The quantitative estimate of drug-likeness (QED) is 0.777. The third-order valence-corrected chi connectivity index (χ3v) is 2.88. The molecule has 0 aliphatic rings. The van der Waals surface area contributed by atoms with E-state index in [1.807, 2.05) is 12.1 Å². The van der Waals surface area contributed by atoms with Gasteiger partial charge in [0.05, 0.1) is 12.1 Å². The number of nitrogens with zero attached hydrogens (tertiary/aromatic N) is 1. The molecule has 0 atom stereocenters. The van der Waals surface area contributed by atoms with E-state index in [2.05, 4.69) is 20.9 Å². The molecular weight excluding hydrogens is 308 g/mol. The van der Waals surface area contributed by atoms with Crippen molar-refractivity contribution in [3.05, 3.63) is 52.4 Å². The van der Waals surface area contributed by atoms with Crippen LogP contribution in [0.2, 0.25) is 0 Å². The second-order valence-electron chi connectivity index (χ2n) is 3.31. The van der Waals surface area contributed by atoms with Gasteiger partial charge in [0.15, 0.2) is 0 Å². The van der Waals surface area contributed by atoms with Crippen molar-refractivity contribution in [3.63, 3.8) is 0 Å². The first-order valence-electron chi connectivity index (χ1n) is 4.83. The van der Waals surface area contributed by atoms with Gasteiger partial charge in [-0.3, -0.25) is 0 Å². The zero-order chi connectivity index (χ0) is 12.3. The molecule has 1 aromatic heterocycles. The Hall–Kier alpha value is -1.13. The number of alkyl halides is 1. The third-order valence-electron chi connectivity index (χ3n) is 2.06. The first-order chi connectivity index (χ1) is 8.19. The molecule has 0 radical (unpaired) electrons. The van der Waals surface area contributed by atoms with E-state index in [1.165, 1.54) is 6.07 Å². The largest absolute Gasteiger partial charge is 0.439 e. The highest BCUT2D eigenvalue weighted by atomic mass is 79.9. The number of ether oxygens (including phenoxy) is 1. The van der Waals surface area contributed by atoms with E-state index in [0.29, 0.717) is 17.2 Å². The second-order valence-corrected chi connectivity index (χ2v) is 4.49. The Morgan fingerprint density at radius 2 is 2.00 bits per heavy atom. The number of pyridine rings is 1. The van der Waals surface area contributed by atoms with Gasteiger partial charge in [0.1, 0.15) is 11.6 Å². The van der Waals surface area contributed by atoms with Gasteiger partial charge < -0.3 is 4.74 Å². The monoisotopic (exact) mass is 315 g/mol. The van der Waals surface area contributed by atoms with Gasteiger partial charge >= 0.3 is 0 Å². The van der Waals surface area contributed by atoms with Crippen LogP contribution in [-0.4, -0.2) is 4.98 Å². The predicted octanol–water partition coefficient (Wildman–Crippen LogP) is 4.51. The molecule has 2 nitrogen and oxygen atoms in total. The first-order valence-corrected chi connectivity index (χ1v) is 6.15. The maximum atomic E-state index is 12.9. The van der Waals surface area contributed by atoms with E-state index >= 15 is 0 Å². The fourth-order valence-corrected chi connectivity index (χ4v) is 1.73. The normalized spacial score (nSPS) is 10.3. The Kier molecular flexibility index (Phi) is 3.97. The molecule has 0 fully saturated rings. The van der Waals surface area contributed by atoms with Crippen LogP contribution in [0.5, 0.6) is 11.6 Å². The zero-order valence-electron chi connectivity index (χ0n) is 8.66. The number of benzene rings is 1. The molecule has 1 aromatic carbocycles. The van der Waals surface area contributed by atoms with Crippen LogP contribution in [0.3, 0.4) is 0 Å².